The molecule has 0 saturated carbocycles. The first kappa shape index (κ1) is 15.1. The van der Waals surface area contributed by atoms with Gasteiger partial charge in [-0.05, 0) is 0 Å². The van der Waals surface area contributed by atoms with E-state index in [1.54, 1.807) is 3.33 Å². The minimum atomic E-state index is -2.24. The van der Waals surface area contributed by atoms with Crippen molar-refractivity contribution >= 4 is 42.1 Å². The molecule has 4 aliphatic heterocycles. The van der Waals surface area contributed by atoms with Gasteiger partial charge < -0.3 is 0 Å². The van der Waals surface area contributed by atoms with E-state index in [1.807, 2.05) is 11.8 Å². The van der Waals surface area contributed by atoms with Crippen LogP contribution in [0.3, 0.4) is 0 Å². The van der Waals surface area contributed by atoms with Crippen LogP contribution in [0.2, 0.25) is 0 Å². The molecule has 0 atom stereocenters. The second kappa shape index (κ2) is 5.67. The molecule has 0 unspecified atom stereocenters. The summed E-state index contributed by atoms with van der Waals surface area (Å²) in [5, 5.41) is 3.53. The Kier molecular flexibility index (Phi) is 3.56. The molecule has 0 aliphatic carbocycles. The summed E-state index contributed by atoms with van der Waals surface area (Å²) < 4.78 is 32.2. The molecule has 0 radical (unpaired) electrons. The van der Waals surface area contributed by atoms with Crippen LogP contribution in [0.5, 0.6) is 0 Å². The minimum absolute atomic E-state index is 0.296. The van der Waals surface area contributed by atoms with Gasteiger partial charge in [-0.25, -0.2) is 0 Å². The zero-order valence-corrected chi connectivity index (χ0v) is 17.0. The van der Waals surface area contributed by atoms with Crippen LogP contribution in [0, 0.1) is 11.6 Å². The van der Waals surface area contributed by atoms with E-state index in [0.29, 0.717) is 12.0 Å². The number of hydrogen-bond acceptors (Lipinski definition) is 2. The van der Waals surface area contributed by atoms with E-state index < -0.39 is 21.4 Å². The summed E-state index contributed by atoms with van der Waals surface area (Å²) in [4.78, 5) is 0. The van der Waals surface area contributed by atoms with Gasteiger partial charge in [-0.15, -0.1) is 0 Å². The molecule has 2 aromatic carbocycles. The van der Waals surface area contributed by atoms with Gasteiger partial charge in [0.25, 0.3) is 0 Å². The third-order valence-corrected chi connectivity index (χ3v) is 16.0. The maximum absolute atomic E-state index is 14.1. The fraction of sp³-hybridized carbons (Fsp3) is 0.158. The summed E-state index contributed by atoms with van der Waals surface area (Å²) in [5.41, 5.74) is 4.59. The summed E-state index contributed by atoms with van der Waals surface area (Å²) in [6.07, 6.45) is 0.568. The summed E-state index contributed by atoms with van der Waals surface area (Å²) in [6.45, 7) is 0. The zero-order chi connectivity index (χ0) is 16.3. The van der Waals surface area contributed by atoms with E-state index in [9.17, 15) is 8.78 Å². The van der Waals surface area contributed by atoms with Crippen LogP contribution in [0.25, 0.3) is 5.57 Å². The van der Waals surface area contributed by atoms with Gasteiger partial charge in [0.05, 0.1) is 0 Å². The van der Waals surface area contributed by atoms with E-state index in [1.165, 1.54) is 41.7 Å². The van der Waals surface area contributed by atoms with E-state index >= 15 is 0 Å². The van der Waals surface area contributed by atoms with Gasteiger partial charge in [-0.3, -0.25) is 0 Å². The number of hydrogen-bond donors (Lipinski definition) is 1. The van der Waals surface area contributed by atoms with Gasteiger partial charge in [0.2, 0.25) is 0 Å². The molecule has 5 heteroatoms. The summed E-state index contributed by atoms with van der Waals surface area (Å²) >= 11 is -0.323. The topological polar surface area (TPSA) is 12.0 Å². The van der Waals surface area contributed by atoms with Crippen molar-refractivity contribution in [3.63, 3.8) is 0 Å². The molecule has 2 bridgehead atoms. The first-order valence-electron chi connectivity index (χ1n) is 8.05. The van der Waals surface area contributed by atoms with Crippen molar-refractivity contribution < 1.29 is 8.78 Å². The molecule has 0 spiro atoms. The quantitative estimate of drug-likeness (QED) is 0.768. The Morgan fingerprint density at radius 1 is 1.12 bits per heavy atom. The van der Waals surface area contributed by atoms with Crippen LogP contribution in [0.4, 0.5) is 8.78 Å². The van der Waals surface area contributed by atoms with Crippen LogP contribution >= 0.6 is 11.8 Å². The van der Waals surface area contributed by atoms with Crippen molar-refractivity contribution in [3.8, 4) is 0 Å². The third kappa shape index (κ3) is 2.14. The molecule has 1 saturated heterocycles. The monoisotopic (exact) mass is 441 g/mol. The number of halogens is 2. The van der Waals surface area contributed by atoms with Crippen LogP contribution in [0.15, 0.2) is 54.8 Å². The second-order valence-electron chi connectivity index (χ2n) is 6.39. The normalized spacial score (nSPS) is 21.0. The molecule has 6 rings (SSSR count). The molecule has 1 N–H and O–H groups in total. The fourth-order valence-electron chi connectivity index (χ4n) is 4.11. The van der Waals surface area contributed by atoms with E-state index in [0.717, 1.165) is 11.6 Å². The van der Waals surface area contributed by atoms with Crippen molar-refractivity contribution in [2.24, 2.45) is 0 Å². The number of rotatable bonds is 2. The van der Waals surface area contributed by atoms with Crippen LogP contribution in [-0.2, 0) is 6.42 Å². The summed E-state index contributed by atoms with van der Waals surface area (Å²) in [7, 11) is 0. The standard InChI is InChI=1S/C19H14F2NS.In/c20-17-8-9-19(21)16(10-17)7-6-15(11-18-12-23-13-22-18)14-4-2-1-3-5-14;/h1-4,8-10,22H,7,12-13H2;. The van der Waals surface area contributed by atoms with Crippen LogP contribution in [0.1, 0.15) is 11.1 Å². The first-order chi connectivity index (χ1) is 11.7. The summed E-state index contributed by atoms with van der Waals surface area (Å²) in [6, 6.07) is 12.4. The predicted octanol–water partition coefficient (Wildman–Crippen LogP) is 3.32. The molecule has 24 heavy (non-hydrogen) atoms. The van der Waals surface area contributed by atoms with Crippen molar-refractivity contribution in [3.05, 3.63) is 77.6 Å². The number of nitrogens with one attached hydrogen (secondary N) is 1. The van der Waals surface area contributed by atoms with Gasteiger partial charge >= 0.3 is 152 Å². The fourth-order valence-corrected chi connectivity index (χ4v) is 16.4. The Morgan fingerprint density at radius 3 is 2.79 bits per heavy atom. The Morgan fingerprint density at radius 2 is 2.00 bits per heavy atom. The average Bonchev–Trinajstić information content (AvgIpc) is 3.26. The van der Waals surface area contributed by atoms with E-state index in [-0.39, 0.29) is 11.6 Å². The molecular formula is C19H14F2InNS. The Balaban J connectivity index is 1.62. The van der Waals surface area contributed by atoms with E-state index in [2.05, 4.69) is 29.6 Å². The van der Waals surface area contributed by atoms with Gasteiger partial charge in [0, 0.05) is 0 Å². The molecule has 1 fully saturated rings. The van der Waals surface area contributed by atoms with Crippen molar-refractivity contribution in [2.75, 3.05) is 11.6 Å². The Labute approximate surface area is 151 Å². The van der Waals surface area contributed by atoms with Crippen molar-refractivity contribution in [1.29, 1.82) is 0 Å². The molecule has 4 heterocycles. The average molecular weight is 441 g/mol. The number of benzene rings is 2. The first-order valence-corrected chi connectivity index (χ1v) is 14.1. The molecule has 1 nitrogen and oxygen atoms in total. The maximum atomic E-state index is 14.1. The number of allylic oxidation sites excluding steroid dienone is 3. The van der Waals surface area contributed by atoms with E-state index in [4.69, 9.17) is 0 Å². The molecule has 0 amide bonds. The van der Waals surface area contributed by atoms with Crippen molar-refractivity contribution in [1.82, 2.24) is 5.32 Å². The Bertz CT molecular complexity index is 927. The SMILES string of the molecule is Fc1ccc(F)c(C[C]2=C3/[C](=C4\CSCN4)[In]2[c]2ccccc23)c1. The molecule has 118 valence electrons. The van der Waals surface area contributed by atoms with Crippen LogP contribution < -0.4 is 8.64 Å². The van der Waals surface area contributed by atoms with Gasteiger partial charge in [-0.1, -0.05) is 0 Å². The summed E-state index contributed by atoms with van der Waals surface area (Å²) in [5.74, 6) is 1.38. The van der Waals surface area contributed by atoms with Gasteiger partial charge in [0.15, 0.2) is 0 Å². The molecule has 0 aromatic heterocycles. The Hall–Kier alpha value is -1.20. The van der Waals surface area contributed by atoms with Crippen LogP contribution in [-0.4, -0.2) is 33.1 Å². The molecule has 4 aliphatic rings. The molecule has 2 aromatic rings. The predicted molar refractivity (Wildman–Crippen MR) is 96.3 cm³/mol. The second-order valence-corrected chi connectivity index (χ2v) is 15.3. The third-order valence-electron chi connectivity index (χ3n) is 5.12. The molecular weight excluding hydrogens is 427 g/mol. The number of thioether (sulfide) groups is 1. The zero-order valence-electron chi connectivity index (χ0n) is 12.9. The van der Waals surface area contributed by atoms with Gasteiger partial charge in [0.1, 0.15) is 0 Å². The van der Waals surface area contributed by atoms with Gasteiger partial charge in [-0.2, -0.15) is 0 Å². The van der Waals surface area contributed by atoms with Crippen molar-refractivity contribution in [2.45, 2.75) is 6.42 Å².